The van der Waals surface area contributed by atoms with E-state index < -0.39 is 0 Å². The first-order valence-corrected chi connectivity index (χ1v) is 6.26. The number of carbonyl (C=O) groups excluding carboxylic acids is 1. The van der Waals surface area contributed by atoms with Gasteiger partial charge >= 0.3 is 0 Å². The Labute approximate surface area is 110 Å². The first-order valence-electron chi connectivity index (χ1n) is 6.26. The summed E-state index contributed by atoms with van der Waals surface area (Å²) in [5.41, 5.74) is 4.75. The molecule has 2 heteroatoms. The van der Waals surface area contributed by atoms with Gasteiger partial charge in [0.15, 0.2) is 5.78 Å². The van der Waals surface area contributed by atoms with Crippen LogP contribution < -0.4 is 0 Å². The summed E-state index contributed by atoms with van der Waals surface area (Å²) in [5, 5.41) is 0. The maximum absolute atomic E-state index is 12.3. The molecule has 0 unspecified atom stereocenters. The molecule has 1 heterocycles. The molecule has 0 fully saturated rings. The van der Waals surface area contributed by atoms with Crippen molar-refractivity contribution >= 4 is 5.78 Å². The molecular formula is C17H11NO. The molecule has 0 saturated heterocycles. The summed E-state index contributed by atoms with van der Waals surface area (Å²) in [4.78, 5) is 12.3. The Hall–Kier alpha value is -2.61. The molecule has 0 saturated carbocycles. The van der Waals surface area contributed by atoms with Gasteiger partial charge in [0.05, 0.1) is 0 Å². The van der Waals surface area contributed by atoms with Crippen LogP contribution in [-0.2, 0) is 0 Å². The van der Waals surface area contributed by atoms with Crippen molar-refractivity contribution in [2.75, 3.05) is 0 Å². The number of para-hydroxylation sites is 1. The van der Waals surface area contributed by atoms with Crippen molar-refractivity contribution in [1.29, 1.82) is 0 Å². The Bertz CT molecular complexity index is 784. The molecule has 0 amide bonds. The zero-order valence-corrected chi connectivity index (χ0v) is 10.2. The maximum Gasteiger partial charge on any atom is 0.195 e. The molecule has 0 atom stereocenters. The number of hydrogen-bond donors (Lipinski definition) is 0. The molecule has 0 bridgehead atoms. The number of ketones is 1. The highest BCUT2D eigenvalue weighted by atomic mass is 16.1. The fraction of sp³-hybridized carbons (Fsp3) is 0. The minimum absolute atomic E-state index is 0.125. The van der Waals surface area contributed by atoms with Crippen LogP contribution in [0.4, 0.5) is 0 Å². The number of aromatic nitrogens is 1. The molecule has 1 aliphatic carbocycles. The molecule has 2 nitrogen and oxygen atoms in total. The van der Waals surface area contributed by atoms with E-state index in [1.54, 1.807) is 0 Å². The minimum atomic E-state index is 0.125. The number of rotatable bonds is 1. The fourth-order valence-electron chi connectivity index (χ4n) is 2.66. The van der Waals surface area contributed by atoms with E-state index in [1.165, 1.54) is 0 Å². The van der Waals surface area contributed by atoms with Crippen molar-refractivity contribution < 1.29 is 4.79 Å². The first kappa shape index (κ1) is 10.3. The van der Waals surface area contributed by atoms with Crippen molar-refractivity contribution in [3.63, 3.8) is 0 Å². The van der Waals surface area contributed by atoms with Crippen molar-refractivity contribution in [2.45, 2.75) is 0 Å². The summed E-state index contributed by atoms with van der Waals surface area (Å²) in [7, 11) is 0. The topological polar surface area (TPSA) is 22.0 Å². The van der Waals surface area contributed by atoms with Crippen molar-refractivity contribution in [1.82, 2.24) is 4.57 Å². The molecule has 0 N–H and O–H groups in total. The lowest BCUT2D eigenvalue weighted by molar-refractivity contribution is 0.104. The van der Waals surface area contributed by atoms with E-state index >= 15 is 0 Å². The highest BCUT2D eigenvalue weighted by Gasteiger charge is 2.27. The van der Waals surface area contributed by atoms with Gasteiger partial charge in [0.25, 0.3) is 0 Å². The van der Waals surface area contributed by atoms with E-state index in [4.69, 9.17) is 0 Å². The largest absolute Gasteiger partial charge is 0.322 e. The lowest BCUT2D eigenvalue weighted by Crippen LogP contribution is -1.96. The smallest absolute Gasteiger partial charge is 0.195 e. The lowest BCUT2D eigenvalue weighted by Gasteiger charge is -2.03. The second-order valence-corrected chi connectivity index (χ2v) is 4.70. The Morgan fingerprint density at radius 3 is 2.05 bits per heavy atom. The SMILES string of the molecule is O=C1c2ccccc2-c2cn(-c3ccccc3)cc21. The molecule has 4 rings (SSSR count). The predicted octanol–water partition coefficient (Wildman–Crippen LogP) is 3.69. The molecule has 0 aliphatic heterocycles. The third-order valence-electron chi connectivity index (χ3n) is 3.59. The van der Waals surface area contributed by atoms with Crippen LogP contribution in [-0.4, -0.2) is 10.4 Å². The van der Waals surface area contributed by atoms with Gasteiger partial charge in [-0.2, -0.15) is 0 Å². The molecule has 1 aliphatic rings. The molecule has 90 valence electrons. The number of fused-ring (bicyclic) bond motifs is 3. The highest BCUT2D eigenvalue weighted by Crippen LogP contribution is 2.37. The van der Waals surface area contributed by atoms with Gasteiger partial charge in [0, 0.05) is 34.8 Å². The van der Waals surface area contributed by atoms with Crippen LogP contribution in [0.5, 0.6) is 0 Å². The van der Waals surface area contributed by atoms with E-state index in [-0.39, 0.29) is 5.78 Å². The van der Waals surface area contributed by atoms with E-state index in [0.29, 0.717) is 0 Å². The quantitative estimate of drug-likeness (QED) is 0.501. The van der Waals surface area contributed by atoms with Crippen LogP contribution in [0.3, 0.4) is 0 Å². The molecule has 1 aromatic heterocycles. The standard InChI is InChI=1S/C17H11NO/c19-17-14-9-5-4-8-13(14)15-10-18(11-16(15)17)12-6-2-1-3-7-12/h1-11H. The molecule has 3 aromatic rings. The van der Waals surface area contributed by atoms with Gasteiger partial charge < -0.3 is 4.57 Å². The van der Waals surface area contributed by atoms with Crippen molar-refractivity contribution in [3.05, 3.63) is 78.1 Å². The Morgan fingerprint density at radius 1 is 0.632 bits per heavy atom. The minimum Gasteiger partial charge on any atom is -0.322 e. The van der Waals surface area contributed by atoms with Crippen LogP contribution in [0.2, 0.25) is 0 Å². The van der Waals surface area contributed by atoms with Gasteiger partial charge in [-0.05, 0) is 17.7 Å². The van der Waals surface area contributed by atoms with Gasteiger partial charge in [-0.25, -0.2) is 0 Å². The molecule has 0 spiro atoms. The number of benzene rings is 2. The summed E-state index contributed by atoms with van der Waals surface area (Å²) in [6, 6.07) is 17.8. The first-order chi connectivity index (χ1) is 9.34. The van der Waals surface area contributed by atoms with Gasteiger partial charge in [0.2, 0.25) is 0 Å². The third-order valence-corrected chi connectivity index (χ3v) is 3.59. The number of nitrogens with zero attached hydrogens (tertiary/aromatic N) is 1. The normalized spacial score (nSPS) is 12.3. The van der Waals surface area contributed by atoms with Crippen molar-refractivity contribution in [3.8, 4) is 16.8 Å². The summed E-state index contributed by atoms with van der Waals surface area (Å²) in [6.45, 7) is 0. The second-order valence-electron chi connectivity index (χ2n) is 4.70. The van der Waals surface area contributed by atoms with E-state index in [9.17, 15) is 4.79 Å². The molecule has 2 aromatic carbocycles. The predicted molar refractivity (Wildman–Crippen MR) is 74.6 cm³/mol. The average molecular weight is 245 g/mol. The van der Waals surface area contributed by atoms with E-state index in [0.717, 1.165) is 27.9 Å². The van der Waals surface area contributed by atoms with Crippen LogP contribution in [0.15, 0.2) is 67.0 Å². The van der Waals surface area contributed by atoms with Gasteiger partial charge in [-0.15, -0.1) is 0 Å². The van der Waals surface area contributed by atoms with Crippen LogP contribution in [0.1, 0.15) is 15.9 Å². The average Bonchev–Trinajstić information content (AvgIpc) is 3.01. The summed E-state index contributed by atoms with van der Waals surface area (Å²) < 4.78 is 2.01. The Kier molecular flexibility index (Phi) is 2.00. The van der Waals surface area contributed by atoms with Crippen LogP contribution in [0, 0.1) is 0 Å². The second kappa shape index (κ2) is 3.69. The number of hydrogen-bond acceptors (Lipinski definition) is 1. The lowest BCUT2D eigenvalue weighted by atomic mass is 10.1. The number of carbonyl (C=O) groups is 1. The summed E-state index contributed by atoms with van der Waals surface area (Å²) in [5.74, 6) is 0.125. The molecule has 19 heavy (non-hydrogen) atoms. The molecule has 0 radical (unpaired) electrons. The highest BCUT2D eigenvalue weighted by molar-refractivity contribution is 6.21. The third kappa shape index (κ3) is 1.40. The van der Waals surface area contributed by atoms with Crippen LogP contribution >= 0.6 is 0 Å². The Balaban J connectivity index is 1.93. The van der Waals surface area contributed by atoms with Gasteiger partial charge in [-0.3, -0.25) is 4.79 Å². The zero-order chi connectivity index (χ0) is 12.8. The van der Waals surface area contributed by atoms with E-state index in [1.807, 2.05) is 71.6 Å². The summed E-state index contributed by atoms with van der Waals surface area (Å²) >= 11 is 0. The monoisotopic (exact) mass is 245 g/mol. The maximum atomic E-state index is 12.3. The Morgan fingerprint density at radius 2 is 1.26 bits per heavy atom. The zero-order valence-electron chi connectivity index (χ0n) is 10.2. The molecular weight excluding hydrogens is 234 g/mol. The van der Waals surface area contributed by atoms with E-state index in [2.05, 4.69) is 0 Å². The summed E-state index contributed by atoms with van der Waals surface area (Å²) in [6.07, 6.45) is 3.96. The fourth-order valence-corrected chi connectivity index (χ4v) is 2.66. The van der Waals surface area contributed by atoms with Crippen molar-refractivity contribution in [2.24, 2.45) is 0 Å². The van der Waals surface area contributed by atoms with Crippen LogP contribution in [0.25, 0.3) is 16.8 Å². The van der Waals surface area contributed by atoms with Gasteiger partial charge in [-0.1, -0.05) is 42.5 Å². The van der Waals surface area contributed by atoms with Gasteiger partial charge in [0.1, 0.15) is 0 Å².